The third kappa shape index (κ3) is 4.55. The maximum absolute atomic E-state index is 13.1. The average Bonchev–Trinajstić information content (AvgIpc) is 2.63. The smallest absolute Gasteiger partial charge is 0.183 e. The number of halogens is 1. The molecule has 1 aromatic carbocycles. The van der Waals surface area contributed by atoms with Crippen molar-refractivity contribution < 1.29 is 13.9 Å². The number of allylic oxidation sites excluding steroid dienone is 3. The second-order valence-corrected chi connectivity index (χ2v) is 6.76. The topological polar surface area (TPSA) is 18.5 Å². The molecule has 0 aromatic heterocycles. The minimum atomic E-state index is -0.265. The van der Waals surface area contributed by atoms with Crippen LogP contribution in [0, 0.1) is 5.92 Å². The molecule has 1 aromatic rings. The van der Waals surface area contributed by atoms with E-state index in [-0.39, 0.29) is 12.1 Å². The Labute approximate surface area is 144 Å². The van der Waals surface area contributed by atoms with Gasteiger partial charge < -0.3 is 9.47 Å². The fourth-order valence-electron chi connectivity index (χ4n) is 3.31. The minimum Gasteiger partial charge on any atom is -0.348 e. The third-order valence-corrected chi connectivity index (χ3v) is 4.82. The highest BCUT2D eigenvalue weighted by atomic mass is 19.1. The normalized spacial score (nSPS) is 28.1. The lowest BCUT2D eigenvalue weighted by Gasteiger charge is -2.28. The summed E-state index contributed by atoms with van der Waals surface area (Å²) in [4.78, 5) is 0. The van der Waals surface area contributed by atoms with Crippen LogP contribution in [0.25, 0.3) is 0 Å². The fraction of sp³-hybridized carbons (Fsp3) is 0.524. The van der Waals surface area contributed by atoms with E-state index in [2.05, 4.69) is 43.3 Å². The number of hydrogen-bond acceptors (Lipinski definition) is 2. The molecule has 2 aliphatic rings. The van der Waals surface area contributed by atoms with Crippen molar-refractivity contribution in [1.29, 1.82) is 0 Å². The lowest BCUT2D eigenvalue weighted by Crippen LogP contribution is -2.25. The number of rotatable bonds is 5. The van der Waals surface area contributed by atoms with Crippen molar-refractivity contribution in [2.75, 3.05) is 13.2 Å². The second-order valence-electron chi connectivity index (χ2n) is 6.76. The van der Waals surface area contributed by atoms with Crippen LogP contribution in [-0.2, 0) is 9.47 Å². The lowest BCUT2D eigenvalue weighted by molar-refractivity contribution is -0.197. The summed E-state index contributed by atoms with van der Waals surface area (Å²) in [5, 5.41) is 0. The van der Waals surface area contributed by atoms with E-state index in [0.29, 0.717) is 31.5 Å². The highest BCUT2D eigenvalue weighted by Gasteiger charge is 2.22. The van der Waals surface area contributed by atoms with Gasteiger partial charge in [0.2, 0.25) is 0 Å². The number of hydrogen-bond donors (Lipinski definition) is 0. The Balaban J connectivity index is 1.53. The van der Waals surface area contributed by atoms with Gasteiger partial charge in [0.25, 0.3) is 0 Å². The monoisotopic (exact) mass is 330 g/mol. The highest BCUT2D eigenvalue weighted by Crippen LogP contribution is 2.33. The van der Waals surface area contributed by atoms with Gasteiger partial charge in [0.15, 0.2) is 6.29 Å². The van der Waals surface area contributed by atoms with Gasteiger partial charge in [0.1, 0.15) is 0 Å². The maximum atomic E-state index is 13.1. The zero-order chi connectivity index (χ0) is 16.8. The summed E-state index contributed by atoms with van der Waals surface area (Å²) in [5.74, 6) is 0.824. The van der Waals surface area contributed by atoms with Crippen molar-refractivity contribution in [3.63, 3.8) is 0 Å². The standard InChI is InChI=1S/C21H27FO2/c1-2-3-4-5-16-14-23-21(24-15-16)19-8-6-17(7-9-19)18-10-12-20(22)13-11-18/h4-9,12,16,18,21H,2-3,10-11,13-15H2,1H3. The molecule has 1 fully saturated rings. The summed E-state index contributed by atoms with van der Waals surface area (Å²) in [6, 6.07) is 8.44. The molecule has 3 heteroatoms. The van der Waals surface area contributed by atoms with Crippen LogP contribution in [-0.4, -0.2) is 13.2 Å². The number of unbranched alkanes of at least 4 members (excludes halogenated alkanes) is 1. The van der Waals surface area contributed by atoms with Gasteiger partial charge in [-0.1, -0.05) is 55.8 Å². The van der Waals surface area contributed by atoms with Crippen LogP contribution in [0.5, 0.6) is 0 Å². The first-order valence-electron chi connectivity index (χ1n) is 9.10. The van der Waals surface area contributed by atoms with Crippen molar-refractivity contribution in [3.8, 4) is 0 Å². The molecule has 0 saturated carbocycles. The van der Waals surface area contributed by atoms with E-state index in [1.807, 2.05) is 0 Å². The van der Waals surface area contributed by atoms with E-state index in [0.717, 1.165) is 24.8 Å². The molecule has 2 nitrogen and oxygen atoms in total. The van der Waals surface area contributed by atoms with Crippen molar-refractivity contribution >= 4 is 0 Å². The van der Waals surface area contributed by atoms with Gasteiger partial charge in [0, 0.05) is 11.5 Å². The van der Waals surface area contributed by atoms with E-state index in [9.17, 15) is 4.39 Å². The van der Waals surface area contributed by atoms with Gasteiger partial charge in [-0.3, -0.25) is 0 Å². The largest absolute Gasteiger partial charge is 0.348 e. The first kappa shape index (κ1) is 17.4. The summed E-state index contributed by atoms with van der Waals surface area (Å²) >= 11 is 0. The van der Waals surface area contributed by atoms with Crippen molar-refractivity contribution in [1.82, 2.24) is 0 Å². The molecule has 0 bridgehead atoms. The molecule has 1 unspecified atom stereocenters. The molecule has 0 spiro atoms. The zero-order valence-electron chi connectivity index (χ0n) is 14.4. The first-order chi connectivity index (χ1) is 11.8. The Morgan fingerprint density at radius 1 is 1.12 bits per heavy atom. The van der Waals surface area contributed by atoms with Crippen LogP contribution in [0.15, 0.2) is 48.3 Å². The quantitative estimate of drug-likeness (QED) is 0.633. The van der Waals surface area contributed by atoms with E-state index in [1.54, 1.807) is 6.08 Å². The van der Waals surface area contributed by atoms with Crippen molar-refractivity contribution in [2.45, 2.75) is 51.2 Å². The van der Waals surface area contributed by atoms with E-state index in [1.165, 1.54) is 12.0 Å². The van der Waals surface area contributed by atoms with Crippen LogP contribution in [0.1, 0.15) is 62.4 Å². The van der Waals surface area contributed by atoms with Crippen LogP contribution in [0.3, 0.4) is 0 Å². The van der Waals surface area contributed by atoms with Gasteiger partial charge >= 0.3 is 0 Å². The van der Waals surface area contributed by atoms with Gasteiger partial charge in [-0.15, -0.1) is 0 Å². The molecule has 1 heterocycles. The third-order valence-electron chi connectivity index (χ3n) is 4.82. The lowest BCUT2D eigenvalue weighted by atomic mass is 9.87. The molecular formula is C21H27FO2. The molecule has 24 heavy (non-hydrogen) atoms. The predicted molar refractivity (Wildman–Crippen MR) is 94.4 cm³/mol. The molecule has 0 N–H and O–H groups in total. The van der Waals surface area contributed by atoms with Crippen LogP contribution >= 0.6 is 0 Å². The predicted octanol–water partition coefficient (Wildman–Crippen LogP) is 5.83. The van der Waals surface area contributed by atoms with Crippen molar-refractivity contribution in [2.24, 2.45) is 5.92 Å². The molecule has 0 radical (unpaired) electrons. The second kappa shape index (κ2) is 8.59. The molecule has 1 aliphatic heterocycles. The van der Waals surface area contributed by atoms with E-state index in [4.69, 9.17) is 9.47 Å². The summed E-state index contributed by atoms with van der Waals surface area (Å²) in [7, 11) is 0. The summed E-state index contributed by atoms with van der Waals surface area (Å²) < 4.78 is 24.9. The average molecular weight is 330 g/mol. The Morgan fingerprint density at radius 3 is 2.46 bits per heavy atom. The molecule has 130 valence electrons. The number of ether oxygens (including phenoxy) is 2. The molecule has 1 aliphatic carbocycles. The maximum Gasteiger partial charge on any atom is 0.183 e. The van der Waals surface area contributed by atoms with E-state index < -0.39 is 0 Å². The van der Waals surface area contributed by atoms with Gasteiger partial charge in [-0.25, -0.2) is 4.39 Å². The first-order valence-corrected chi connectivity index (χ1v) is 9.10. The molecular weight excluding hydrogens is 303 g/mol. The molecule has 0 amide bonds. The van der Waals surface area contributed by atoms with Crippen LogP contribution in [0.4, 0.5) is 4.39 Å². The summed E-state index contributed by atoms with van der Waals surface area (Å²) in [6.07, 6.45) is 10.4. The Hall–Kier alpha value is -1.45. The molecule has 3 rings (SSSR count). The Kier molecular flexibility index (Phi) is 6.22. The summed E-state index contributed by atoms with van der Waals surface area (Å²) in [5.41, 5.74) is 2.34. The highest BCUT2D eigenvalue weighted by molar-refractivity contribution is 5.28. The molecule has 1 saturated heterocycles. The van der Waals surface area contributed by atoms with Crippen LogP contribution in [0.2, 0.25) is 0 Å². The van der Waals surface area contributed by atoms with Gasteiger partial charge in [0.05, 0.1) is 19.0 Å². The van der Waals surface area contributed by atoms with Crippen molar-refractivity contribution in [3.05, 3.63) is 59.4 Å². The number of benzene rings is 1. The molecule has 1 atom stereocenters. The van der Waals surface area contributed by atoms with E-state index >= 15 is 0 Å². The minimum absolute atomic E-state index is 0.0365. The Bertz CT molecular complexity index is 568. The fourth-order valence-corrected chi connectivity index (χ4v) is 3.31. The zero-order valence-corrected chi connectivity index (χ0v) is 14.4. The Morgan fingerprint density at radius 2 is 1.83 bits per heavy atom. The summed E-state index contributed by atoms with van der Waals surface area (Å²) in [6.45, 7) is 3.59. The SMILES string of the molecule is CCCC=CC1COC(c2ccc(C3CC=C(F)CC3)cc2)OC1. The van der Waals surface area contributed by atoms with Gasteiger partial charge in [-0.2, -0.15) is 0 Å². The van der Waals surface area contributed by atoms with Gasteiger partial charge in [-0.05, 0) is 37.2 Å². The van der Waals surface area contributed by atoms with Crippen LogP contribution < -0.4 is 0 Å².